The Labute approximate surface area is 142 Å². The molecule has 2 fully saturated rings. The van der Waals surface area contributed by atoms with Crippen molar-refractivity contribution in [2.75, 3.05) is 13.1 Å². The number of rotatable bonds is 3. The molecule has 2 aromatic rings. The minimum atomic E-state index is -0.848. The fourth-order valence-electron chi connectivity index (χ4n) is 3.61. The van der Waals surface area contributed by atoms with Gasteiger partial charge in [-0.3, -0.25) is 4.79 Å². The Morgan fingerprint density at radius 2 is 1.96 bits per heavy atom. The first-order valence-electron chi connectivity index (χ1n) is 8.74. The van der Waals surface area contributed by atoms with Gasteiger partial charge in [0.25, 0.3) is 0 Å². The lowest BCUT2D eigenvalue weighted by Crippen LogP contribution is -2.40. The molecule has 0 bridgehead atoms. The third kappa shape index (κ3) is 2.42. The van der Waals surface area contributed by atoms with Gasteiger partial charge in [-0.05, 0) is 31.9 Å². The smallest absolute Gasteiger partial charge is 0.242 e. The summed E-state index contributed by atoms with van der Waals surface area (Å²) >= 11 is 0. The minimum absolute atomic E-state index is 0.0610. The zero-order chi connectivity index (χ0) is 17.1. The van der Waals surface area contributed by atoms with E-state index >= 15 is 0 Å². The number of imidazole rings is 1. The normalized spacial score (nSPS) is 26.2. The van der Waals surface area contributed by atoms with Crippen molar-refractivity contribution in [3.63, 3.8) is 0 Å². The average Bonchev–Trinajstić information content (AvgIpc) is 3.25. The van der Waals surface area contributed by atoms with Crippen LogP contribution < -0.4 is 0 Å². The topological polar surface area (TPSA) is 58.4 Å². The number of nitrogens with zero attached hydrogens (tertiary/aromatic N) is 3. The molecule has 128 valence electrons. The second kappa shape index (κ2) is 5.06. The number of amides is 1. The van der Waals surface area contributed by atoms with Gasteiger partial charge in [0.1, 0.15) is 12.4 Å². The summed E-state index contributed by atoms with van der Waals surface area (Å²) in [5.41, 5.74) is 0.844. The van der Waals surface area contributed by atoms with Crippen LogP contribution in [-0.2, 0) is 11.3 Å². The quantitative estimate of drug-likeness (QED) is 0.942. The molecule has 0 radical (unpaired) electrons. The van der Waals surface area contributed by atoms with Crippen LogP contribution in [0.5, 0.6) is 0 Å². The van der Waals surface area contributed by atoms with Crippen LogP contribution in [0.1, 0.15) is 45.4 Å². The molecule has 1 aromatic carbocycles. The standard InChI is InChI=1S/C19H25N3O2/c1-18(2)11-21(12-19(18,3)24)16(23)10-22-15-7-5-4-6-14(15)20-17(22)13-8-9-13/h4-7,13,24H,8-12H2,1-3H3/t19-/m1/s1. The van der Waals surface area contributed by atoms with Crippen LogP contribution in [0.15, 0.2) is 24.3 Å². The number of fused-ring (bicyclic) bond motifs is 1. The van der Waals surface area contributed by atoms with E-state index < -0.39 is 5.60 Å². The van der Waals surface area contributed by atoms with E-state index in [0.717, 1.165) is 29.7 Å². The number of aliphatic hydroxyl groups is 1. The molecule has 5 nitrogen and oxygen atoms in total. The van der Waals surface area contributed by atoms with Gasteiger partial charge in [-0.1, -0.05) is 26.0 Å². The molecular formula is C19H25N3O2. The Balaban J connectivity index is 1.63. The molecule has 1 amide bonds. The van der Waals surface area contributed by atoms with Gasteiger partial charge in [0.15, 0.2) is 0 Å². The summed E-state index contributed by atoms with van der Waals surface area (Å²) in [4.78, 5) is 19.4. The summed E-state index contributed by atoms with van der Waals surface area (Å²) in [7, 11) is 0. The summed E-state index contributed by atoms with van der Waals surface area (Å²) in [5.74, 6) is 1.59. The zero-order valence-electron chi connectivity index (χ0n) is 14.6. The Morgan fingerprint density at radius 3 is 2.58 bits per heavy atom. The lowest BCUT2D eigenvalue weighted by Gasteiger charge is -2.30. The molecule has 1 saturated heterocycles. The van der Waals surface area contributed by atoms with Crippen LogP contribution in [0.4, 0.5) is 0 Å². The number of benzene rings is 1. The van der Waals surface area contributed by atoms with Gasteiger partial charge in [0.2, 0.25) is 5.91 Å². The molecule has 0 spiro atoms. The largest absolute Gasteiger partial charge is 0.388 e. The molecule has 1 aliphatic carbocycles. The van der Waals surface area contributed by atoms with Crippen LogP contribution in [0, 0.1) is 5.41 Å². The Kier molecular flexibility index (Phi) is 3.29. The summed E-state index contributed by atoms with van der Waals surface area (Å²) in [5, 5.41) is 10.6. The van der Waals surface area contributed by atoms with Gasteiger partial charge >= 0.3 is 0 Å². The Hall–Kier alpha value is -1.88. The van der Waals surface area contributed by atoms with Crippen LogP contribution in [0.2, 0.25) is 0 Å². The second-order valence-corrected chi connectivity index (χ2v) is 8.23. The van der Waals surface area contributed by atoms with Crippen LogP contribution in [0.3, 0.4) is 0 Å². The first-order chi connectivity index (χ1) is 11.3. The predicted octanol–water partition coefficient (Wildman–Crippen LogP) is 2.53. The second-order valence-electron chi connectivity index (χ2n) is 8.23. The molecule has 2 heterocycles. The molecule has 5 heteroatoms. The maximum Gasteiger partial charge on any atom is 0.242 e. The number of para-hydroxylation sites is 2. The first-order valence-corrected chi connectivity index (χ1v) is 8.74. The third-order valence-electron chi connectivity index (χ3n) is 5.82. The summed E-state index contributed by atoms with van der Waals surface area (Å²) in [6.07, 6.45) is 2.31. The van der Waals surface area contributed by atoms with E-state index in [0.29, 0.717) is 25.6 Å². The van der Waals surface area contributed by atoms with E-state index in [1.807, 2.05) is 45.0 Å². The highest BCUT2D eigenvalue weighted by Gasteiger charge is 2.49. The first kappa shape index (κ1) is 15.6. The molecule has 4 rings (SSSR count). The molecule has 1 aliphatic heterocycles. The van der Waals surface area contributed by atoms with Crippen molar-refractivity contribution in [1.82, 2.24) is 14.5 Å². The highest BCUT2D eigenvalue weighted by atomic mass is 16.3. The number of hydrogen-bond donors (Lipinski definition) is 1. The van der Waals surface area contributed by atoms with E-state index in [1.54, 1.807) is 4.90 Å². The number of hydrogen-bond acceptors (Lipinski definition) is 3. The third-order valence-corrected chi connectivity index (χ3v) is 5.82. The van der Waals surface area contributed by atoms with E-state index in [2.05, 4.69) is 4.57 Å². The van der Waals surface area contributed by atoms with E-state index in [9.17, 15) is 9.90 Å². The van der Waals surface area contributed by atoms with Gasteiger partial charge in [0, 0.05) is 24.4 Å². The molecular weight excluding hydrogens is 302 g/mol. The molecule has 24 heavy (non-hydrogen) atoms. The molecule has 2 aliphatic rings. The fraction of sp³-hybridized carbons (Fsp3) is 0.579. The van der Waals surface area contributed by atoms with Crippen LogP contribution in [0.25, 0.3) is 11.0 Å². The predicted molar refractivity (Wildman–Crippen MR) is 92.7 cm³/mol. The van der Waals surface area contributed by atoms with Crippen molar-refractivity contribution < 1.29 is 9.90 Å². The van der Waals surface area contributed by atoms with E-state index in [4.69, 9.17) is 4.98 Å². The number of likely N-dealkylation sites (tertiary alicyclic amines) is 1. The number of β-amino-alcohol motifs (C(OH)–C–C–N with tert-alkyl or cyclic N) is 1. The van der Waals surface area contributed by atoms with Crippen molar-refractivity contribution in [3.8, 4) is 0 Å². The van der Waals surface area contributed by atoms with Crippen molar-refractivity contribution in [2.45, 2.75) is 51.7 Å². The van der Waals surface area contributed by atoms with Gasteiger partial charge in [-0.15, -0.1) is 0 Å². The highest BCUT2D eigenvalue weighted by molar-refractivity contribution is 5.81. The fourth-order valence-corrected chi connectivity index (χ4v) is 3.61. The van der Waals surface area contributed by atoms with Gasteiger partial charge < -0.3 is 14.6 Å². The molecule has 0 unspecified atom stereocenters. The monoisotopic (exact) mass is 327 g/mol. The minimum Gasteiger partial charge on any atom is -0.388 e. The van der Waals surface area contributed by atoms with Crippen molar-refractivity contribution >= 4 is 16.9 Å². The lowest BCUT2D eigenvalue weighted by molar-refractivity contribution is -0.131. The Bertz CT molecular complexity index is 786. The van der Waals surface area contributed by atoms with Gasteiger partial charge in [-0.25, -0.2) is 4.98 Å². The molecule has 1 aromatic heterocycles. The van der Waals surface area contributed by atoms with Crippen LogP contribution >= 0.6 is 0 Å². The molecule has 1 atom stereocenters. The van der Waals surface area contributed by atoms with Crippen LogP contribution in [-0.4, -0.2) is 44.2 Å². The van der Waals surface area contributed by atoms with Crippen molar-refractivity contribution in [2.24, 2.45) is 5.41 Å². The number of carbonyl (C=O) groups excluding carboxylic acids is 1. The number of carbonyl (C=O) groups is 1. The van der Waals surface area contributed by atoms with Gasteiger partial charge in [0.05, 0.1) is 16.6 Å². The maximum absolute atomic E-state index is 12.9. The van der Waals surface area contributed by atoms with Crippen molar-refractivity contribution in [1.29, 1.82) is 0 Å². The van der Waals surface area contributed by atoms with E-state index in [-0.39, 0.29) is 11.3 Å². The summed E-state index contributed by atoms with van der Waals surface area (Å²) in [6, 6.07) is 8.02. The van der Waals surface area contributed by atoms with Gasteiger partial charge in [-0.2, -0.15) is 0 Å². The van der Waals surface area contributed by atoms with E-state index in [1.165, 1.54) is 0 Å². The maximum atomic E-state index is 12.9. The molecule has 1 N–H and O–H groups in total. The number of aromatic nitrogens is 2. The van der Waals surface area contributed by atoms with Crippen molar-refractivity contribution in [3.05, 3.63) is 30.1 Å². The zero-order valence-corrected chi connectivity index (χ0v) is 14.6. The summed E-state index contributed by atoms with van der Waals surface area (Å²) < 4.78 is 2.08. The Morgan fingerprint density at radius 1 is 1.25 bits per heavy atom. The highest BCUT2D eigenvalue weighted by Crippen LogP contribution is 2.41. The average molecular weight is 327 g/mol. The SMILES string of the molecule is CC1(C)CN(C(=O)Cn2c(C3CC3)nc3ccccc32)C[C@@]1(C)O. The lowest BCUT2D eigenvalue weighted by atomic mass is 9.79. The molecule has 1 saturated carbocycles. The summed E-state index contributed by atoms with van der Waals surface area (Å²) in [6.45, 7) is 7.14.